The van der Waals surface area contributed by atoms with Crippen molar-refractivity contribution >= 4 is 11.7 Å². The molecule has 0 aliphatic carbocycles. The van der Waals surface area contributed by atoms with Gasteiger partial charge in [-0.25, -0.2) is 0 Å². The third kappa shape index (κ3) is 3.02. The number of fused-ring (bicyclic) bond motifs is 2. The molecule has 0 radical (unpaired) electrons. The summed E-state index contributed by atoms with van der Waals surface area (Å²) in [6.07, 6.45) is 3.82. The van der Waals surface area contributed by atoms with Crippen molar-refractivity contribution in [3.05, 3.63) is 39.9 Å². The first-order valence-corrected chi connectivity index (χ1v) is 8.65. The maximum Gasteiger partial charge on any atom is 0.311 e. The second kappa shape index (κ2) is 6.89. The topological polar surface area (TPSA) is 72.7 Å². The number of benzene rings is 1. The highest BCUT2D eigenvalue weighted by atomic mass is 16.6. The highest BCUT2D eigenvalue weighted by molar-refractivity contribution is 5.75. The van der Waals surface area contributed by atoms with Crippen molar-refractivity contribution in [2.45, 2.75) is 50.6 Å². The minimum absolute atomic E-state index is 0.0730. The predicted molar refractivity (Wildman–Crippen MR) is 89.8 cm³/mol. The summed E-state index contributed by atoms with van der Waals surface area (Å²) in [4.78, 5) is 25.5. The quantitative estimate of drug-likeness (QED) is 0.470. The zero-order valence-corrected chi connectivity index (χ0v) is 14.2. The molecule has 2 unspecified atom stereocenters. The van der Waals surface area contributed by atoms with Crippen LogP contribution in [0.5, 0.6) is 0 Å². The molecule has 2 heterocycles. The lowest BCUT2D eigenvalue weighted by Gasteiger charge is -2.41. The summed E-state index contributed by atoms with van der Waals surface area (Å²) >= 11 is 0. The lowest BCUT2D eigenvalue weighted by atomic mass is 9.76. The van der Waals surface area contributed by atoms with Crippen molar-refractivity contribution in [2.75, 3.05) is 13.7 Å². The van der Waals surface area contributed by atoms with Crippen LogP contribution in [0, 0.1) is 16.0 Å². The first-order chi connectivity index (χ1) is 11.5. The predicted octanol–water partition coefficient (Wildman–Crippen LogP) is 3.11. The van der Waals surface area contributed by atoms with Gasteiger partial charge in [0.1, 0.15) is 0 Å². The van der Waals surface area contributed by atoms with E-state index in [2.05, 4.69) is 11.9 Å². The molecule has 0 amide bonds. The Morgan fingerprint density at radius 3 is 2.67 bits per heavy atom. The van der Waals surface area contributed by atoms with Gasteiger partial charge in [-0.1, -0.05) is 19.1 Å². The fraction of sp³-hybridized carbons (Fsp3) is 0.611. The van der Waals surface area contributed by atoms with E-state index in [9.17, 15) is 14.9 Å². The van der Waals surface area contributed by atoms with Gasteiger partial charge in [-0.3, -0.25) is 19.8 Å². The van der Waals surface area contributed by atoms with E-state index in [-0.39, 0.29) is 29.5 Å². The van der Waals surface area contributed by atoms with Gasteiger partial charge in [-0.2, -0.15) is 0 Å². The number of hydrogen-bond donors (Lipinski definition) is 0. The second-order valence-electron chi connectivity index (χ2n) is 6.85. The smallest absolute Gasteiger partial charge is 0.311 e. The molecule has 0 saturated carbocycles. The average molecular weight is 332 g/mol. The molecule has 2 fully saturated rings. The molecule has 1 aromatic rings. The number of nitro groups is 1. The van der Waals surface area contributed by atoms with Gasteiger partial charge in [-0.15, -0.1) is 0 Å². The Bertz CT molecular complexity index is 616. The molecule has 3 rings (SSSR count). The van der Waals surface area contributed by atoms with E-state index in [4.69, 9.17) is 4.74 Å². The van der Waals surface area contributed by atoms with E-state index >= 15 is 0 Å². The highest BCUT2D eigenvalue weighted by Gasteiger charge is 2.49. The minimum atomic E-state index is -0.394. The average Bonchev–Trinajstić information content (AvgIpc) is 2.82. The van der Waals surface area contributed by atoms with Crippen LogP contribution in [-0.2, 0) is 9.53 Å². The fourth-order valence-electron chi connectivity index (χ4n) is 4.27. The molecule has 1 aromatic carbocycles. The van der Waals surface area contributed by atoms with E-state index in [0.717, 1.165) is 31.2 Å². The minimum Gasteiger partial charge on any atom is -0.465 e. The van der Waals surface area contributed by atoms with Gasteiger partial charge >= 0.3 is 5.97 Å². The summed E-state index contributed by atoms with van der Waals surface area (Å²) in [6.45, 7) is 2.43. The summed E-state index contributed by atoms with van der Waals surface area (Å²) in [5.41, 5.74) is 1.09. The Morgan fingerprint density at radius 1 is 1.33 bits per heavy atom. The van der Waals surface area contributed by atoms with Crippen molar-refractivity contribution in [3.8, 4) is 0 Å². The number of nitro benzene ring substituents is 1. The van der Waals surface area contributed by atoms with Crippen LogP contribution in [0.3, 0.4) is 0 Å². The van der Waals surface area contributed by atoms with E-state index in [1.165, 1.54) is 12.1 Å². The molecule has 0 N–H and O–H groups in total. The van der Waals surface area contributed by atoms with Crippen LogP contribution < -0.4 is 0 Å². The van der Waals surface area contributed by atoms with Crippen LogP contribution in [0.15, 0.2) is 24.3 Å². The zero-order chi connectivity index (χ0) is 17.3. The summed E-state index contributed by atoms with van der Waals surface area (Å²) in [7, 11) is 2.09. The van der Waals surface area contributed by atoms with Gasteiger partial charge < -0.3 is 4.74 Å². The summed E-state index contributed by atoms with van der Waals surface area (Å²) in [5, 5.41) is 10.9. The first-order valence-electron chi connectivity index (χ1n) is 8.65. The summed E-state index contributed by atoms with van der Waals surface area (Å²) < 4.78 is 5.47. The van der Waals surface area contributed by atoms with Crippen LogP contribution in [0.25, 0.3) is 0 Å². The van der Waals surface area contributed by atoms with Gasteiger partial charge in [0.25, 0.3) is 5.69 Å². The number of carbonyl (C=O) groups excluding carboxylic acids is 1. The lowest BCUT2D eigenvalue weighted by Crippen LogP contribution is -2.49. The third-order valence-corrected chi connectivity index (χ3v) is 5.52. The van der Waals surface area contributed by atoms with Crippen LogP contribution in [-0.4, -0.2) is 41.5 Å². The zero-order valence-electron chi connectivity index (χ0n) is 14.2. The highest BCUT2D eigenvalue weighted by Crippen LogP contribution is 2.46. The molecular formula is C18H24N2O4. The molecular weight excluding hydrogens is 308 g/mol. The van der Waals surface area contributed by atoms with Crippen molar-refractivity contribution in [3.63, 3.8) is 0 Å². The summed E-state index contributed by atoms with van der Waals surface area (Å²) in [6, 6.07) is 7.34. The molecule has 4 atom stereocenters. The number of non-ortho nitro benzene ring substituents is 1. The molecule has 6 nitrogen and oxygen atoms in total. The van der Waals surface area contributed by atoms with Crippen molar-refractivity contribution in [1.82, 2.24) is 4.90 Å². The number of nitrogens with zero attached hydrogens (tertiary/aromatic N) is 2. The van der Waals surface area contributed by atoms with Crippen molar-refractivity contribution in [1.29, 1.82) is 0 Å². The number of ether oxygens (including phenoxy) is 1. The number of esters is 1. The van der Waals surface area contributed by atoms with Crippen LogP contribution in [0.2, 0.25) is 0 Å². The molecule has 2 aliphatic heterocycles. The van der Waals surface area contributed by atoms with Crippen LogP contribution in [0.1, 0.15) is 44.1 Å². The number of rotatable bonds is 5. The molecule has 2 saturated heterocycles. The maximum absolute atomic E-state index is 12.7. The number of piperidine rings is 1. The van der Waals surface area contributed by atoms with Gasteiger partial charge in [0.05, 0.1) is 17.4 Å². The largest absolute Gasteiger partial charge is 0.465 e. The van der Waals surface area contributed by atoms with Crippen molar-refractivity contribution in [2.24, 2.45) is 5.92 Å². The Morgan fingerprint density at radius 2 is 2.04 bits per heavy atom. The molecule has 130 valence electrons. The monoisotopic (exact) mass is 332 g/mol. The lowest BCUT2D eigenvalue weighted by molar-refractivity contribution is -0.384. The maximum atomic E-state index is 12.7. The molecule has 0 aromatic heterocycles. The number of carbonyl (C=O) groups is 1. The van der Waals surface area contributed by atoms with Crippen molar-refractivity contribution < 1.29 is 14.5 Å². The third-order valence-electron chi connectivity index (χ3n) is 5.52. The van der Waals surface area contributed by atoms with Crippen LogP contribution in [0.4, 0.5) is 5.69 Å². The molecule has 0 spiro atoms. The molecule has 6 heteroatoms. The van der Waals surface area contributed by atoms with Gasteiger partial charge in [0, 0.05) is 30.1 Å². The Balaban J connectivity index is 1.88. The van der Waals surface area contributed by atoms with Gasteiger partial charge in [-0.05, 0) is 38.3 Å². The SMILES string of the molecule is CCCOC(=O)C1C2CC[C@H](C[C@@H]1c1ccc([N+](=O)[O-])cc1)N2C. The summed E-state index contributed by atoms with van der Waals surface area (Å²) in [5.74, 6) is -0.247. The Labute approximate surface area is 141 Å². The molecule has 2 aliphatic rings. The van der Waals surface area contributed by atoms with E-state index < -0.39 is 4.92 Å². The Hall–Kier alpha value is -1.95. The number of hydrogen-bond acceptors (Lipinski definition) is 5. The normalized spacial score (nSPS) is 29.4. The first kappa shape index (κ1) is 16.9. The fourth-order valence-corrected chi connectivity index (χ4v) is 4.27. The van der Waals surface area contributed by atoms with Gasteiger partial charge in [0.2, 0.25) is 0 Å². The molecule has 24 heavy (non-hydrogen) atoms. The standard InChI is InChI=1S/C18H24N2O4/c1-3-10-24-18(21)17-15(11-14-8-9-16(17)19(14)2)12-4-6-13(7-5-12)20(22)23/h4-7,14-17H,3,8-11H2,1-2H3/t14-,15-,16?,17?/m1/s1. The van der Waals surface area contributed by atoms with E-state index in [1.807, 2.05) is 6.92 Å². The second-order valence-corrected chi connectivity index (χ2v) is 6.85. The Kier molecular flexibility index (Phi) is 4.85. The van der Waals surface area contributed by atoms with Crippen LogP contribution >= 0.6 is 0 Å². The van der Waals surface area contributed by atoms with E-state index in [0.29, 0.717) is 12.6 Å². The molecule has 2 bridgehead atoms. The van der Waals surface area contributed by atoms with Gasteiger partial charge in [0.15, 0.2) is 0 Å². The van der Waals surface area contributed by atoms with E-state index in [1.54, 1.807) is 12.1 Å².